The molecule has 0 aliphatic rings. The smallest absolute Gasteiger partial charge is 0.387 e. The van der Waals surface area contributed by atoms with E-state index in [2.05, 4.69) is 18.6 Å². The number of benzene rings is 3. The number of alkyl halides is 2. The largest absolute Gasteiger partial charge is 0.454 e. The molecule has 0 saturated carbocycles. The summed E-state index contributed by atoms with van der Waals surface area (Å²) >= 11 is 0. The van der Waals surface area contributed by atoms with Crippen molar-refractivity contribution in [1.82, 2.24) is 0 Å². The predicted octanol–water partition coefficient (Wildman–Crippen LogP) is 7.91. The van der Waals surface area contributed by atoms with Crippen molar-refractivity contribution in [2.24, 2.45) is 0 Å². The van der Waals surface area contributed by atoms with Crippen molar-refractivity contribution in [3.63, 3.8) is 0 Å². The van der Waals surface area contributed by atoms with Gasteiger partial charge in [0.1, 0.15) is 11.5 Å². The highest BCUT2D eigenvalue weighted by molar-refractivity contribution is 5.35. The Balaban J connectivity index is 1.63. The maximum absolute atomic E-state index is 14.2. The second kappa shape index (κ2) is 10.4. The molecule has 31 heavy (non-hydrogen) atoms. The van der Waals surface area contributed by atoms with E-state index < -0.39 is 12.4 Å². The van der Waals surface area contributed by atoms with Crippen LogP contribution in [0, 0.1) is 5.82 Å². The zero-order chi connectivity index (χ0) is 22.3. The number of halogens is 3. The Morgan fingerprint density at radius 2 is 1.61 bits per heavy atom. The molecule has 0 aliphatic heterocycles. The summed E-state index contributed by atoms with van der Waals surface area (Å²) in [5.74, 6) is 0.583. The zero-order valence-electron chi connectivity index (χ0n) is 17.8. The molecule has 0 fully saturated rings. The van der Waals surface area contributed by atoms with E-state index in [-0.39, 0.29) is 16.9 Å². The molecule has 2 nitrogen and oxygen atoms in total. The van der Waals surface area contributed by atoms with Crippen molar-refractivity contribution < 1.29 is 22.6 Å². The van der Waals surface area contributed by atoms with Gasteiger partial charge in [-0.15, -0.1) is 0 Å². The Labute approximate surface area is 181 Å². The molecule has 164 valence electrons. The van der Waals surface area contributed by atoms with Crippen LogP contribution in [0.1, 0.15) is 44.2 Å². The molecule has 0 aromatic heterocycles. The first-order valence-corrected chi connectivity index (χ1v) is 10.5. The van der Waals surface area contributed by atoms with Gasteiger partial charge in [0.2, 0.25) is 0 Å². The van der Waals surface area contributed by atoms with Gasteiger partial charge in [0.15, 0.2) is 11.6 Å². The third-order valence-electron chi connectivity index (χ3n) is 5.72. The first-order valence-electron chi connectivity index (χ1n) is 10.5. The van der Waals surface area contributed by atoms with Gasteiger partial charge in [-0.25, -0.2) is 4.39 Å². The van der Waals surface area contributed by atoms with E-state index in [1.54, 1.807) is 36.4 Å². The molecule has 5 heteroatoms. The molecule has 0 bridgehead atoms. The van der Waals surface area contributed by atoms with Crippen LogP contribution in [0.3, 0.4) is 0 Å². The summed E-state index contributed by atoms with van der Waals surface area (Å²) in [5, 5.41) is 0. The Kier molecular flexibility index (Phi) is 7.61. The predicted molar refractivity (Wildman–Crippen MR) is 117 cm³/mol. The summed E-state index contributed by atoms with van der Waals surface area (Å²) in [7, 11) is 0. The standard InChI is InChI=1S/C26H27F3O2/c1-3-26(2,20-12-14-22(15-13-20)31-25(28)29)17-7-8-19-11-16-23(27)24(18-19)30-21-9-5-4-6-10-21/h4-6,9-16,18,25H,3,7-8,17H2,1-2H3. The van der Waals surface area contributed by atoms with E-state index >= 15 is 0 Å². The maximum Gasteiger partial charge on any atom is 0.387 e. The lowest BCUT2D eigenvalue weighted by Gasteiger charge is -2.29. The van der Waals surface area contributed by atoms with E-state index in [0.717, 1.165) is 36.8 Å². The van der Waals surface area contributed by atoms with Crippen molar-refractivity contribution in [3.05, 3.63) is 89.7 Å². The summed E-state index contributed by atoms with van der Waals surface area (Å²) < 4.78 is 49.0. The van der Waals surface area contributed by atoms with Crippen LogP contribution in [0.25, 0.3) is 0 Å². The number of hydrogen-bond donors (Lipinski definition) is 0. The molecule has 0 N–H and O–H groups in total. The highest BCUT2D eigenvalue weighted by Crippen LogP contribution is 2.34. The minimum Gasteiger partial charge on any atom is -0.454 e. The summed E-state index contributed by atoms with van der Waals surface area (Å²) in [4.78, 5) is 0. The van der Waals surface area contributed by atoms with Crippen LogP contribution in [0.5, 0.6) is 17.2 Å². The fourth-order valence-corrected chi connectivity index (χ4v) is 3.64. The van der Waals surface area contributed by atoms with Crippen LogP contribution in [0.15, 0.2) is 72.8 Å². The van der Waals surface area contributed by atoms with Crippen LogP contribution in [-0.2, 0) is 11.8 Å². The van der Waals surface area contributed by atoms with Crippen LogP contribution < -0.4 is 9.47 Å². The van der Waals surface area contributed by atoms with E-state index in [0.29, 0.717) is 5.75 Å². The quantitative estimate of drug-likeness (QED) is 0.327. The summed E-state index contributed by atoms with van der Waals surface area (Å²) in [6.07, 6.45) is 3.50. The van der Waals surface area contributed by atoms with Crippen molar-refractivity contribution in [3.8, 4) is 17.2 Å². The molecule has 0 spiro atoms. The summed E-state index contributed by atoms with van der Waals surface area (Å²) in [6.45, 7) is 1.47. The lowest BCUT2D eigenvalue weighted by Crippen LogP contribution is -2.21. The minimum atomic E-state index is -2.82. The first kappa shape index (κ1) is 22.7. The molecule has 3 rings (SSSR count). The first-order chi connectivity index (χ1) is 14.9. The number of hydrogen-bond acceptors (Lipinski definition) is 2. The van der Waals surface area contributed by atoms with Crippen molar-refractivity contribution in [2.75, 3.05) is 0 Å². The van der Waals surface area contributed by atoms with Crippen molar-refractivity contribution in [2.45, 2.75) is 51.6 Å². The summed E-state index contributed by atoms with van der Waals surface area (Å²) in [5.41, 5.74) is 2.00. The monoisotopic (exact) mass is 428 g/mol. The van der Waals surface area contributed by atoms with Crippen molar-refractivity contribution in [1.29, 1.82) is 0 Å². The summed E-state index contributed by atoms with van der Waals surface area (Å²) in [6, 6.07) is 21.0. The molecule has 1 unspecified atom stereocenters. The molecule has 3 aromatic rings. The number of aryl methyl sites for hydroxylation is 1. The van der Waals surface area contributed by atoms with Crippen LogP contribution >= 0.6 is 0 Å². The molecular weight excluding hydrogens is 401 g/mol. The maximum atomic E-state index is 14.2. The molecular formula is C26H27F3O2. The van der Waals surface area contributed by atoms with E-state index in [4.69, 9.17) is 4.74 Å². The second-order valence-electron chi connectivity index (χ2n) is 7.85. The van der Waals surface area contributed by atoms with Crippen LogP contribution in [0.2, 0.25) is 0 Å². The van der Waals surface area contributed by atoms with Crippen LogP contribution in [-0.4, -0.2) is 6.61 Å². The van der Waals surface area contributed by atoms with Gasteiger partial charge in [-0.05, 0) is 78.6 Å². The molecule has 0 radical (unpaired) electrons. The molecule has 0 heterocycles. The van der Waals surface area contributed by atoms with Gasteiger partial charge in [0.05, 0.1) is 0 Å². The molecule has 0 amide bonds. The Bertz CT molecular complexity index is 958. The van der Waals surface area contributed by atoms with Gasteiger partial charge >= 0.3 is 6.61 Å². The SMILES string of the molecule is CCC(C)(CCCc1ccc(F)c(Oc2ccccc2)c1)c1ccc(OC(F)F)cc1. The zero-order valence-corrected chi connectivity index (χ0v) is 17.8. The topological polar surface area (TPSA) is 18.5 Å². The lowest BCUT2D eigenvalue weighted by atomic mass is 9.76. The molecule has 0 saturated heterocycles. The van der Waals surface area contributed by atoms with Gasteiger partial charge in [0.25, 0.3) is 0 Å². The van der Waals surface area contributed by atoms with E-state index in [1.165, 1.54) is 6.07 Å². The van der Waals surface area contributed by atoms with Gasteiger partial charge in [0, 0.05) is 0 Å². The number of ether oxygens (including phenoxy) is 2. The Hall–Kier alpha value is -2.95. The third kappa shape index (κ3) is 6.27. The fraction of sp³-hybridized carbons (Fsp3) is 0.308. The molecule has 0 aliphatic carbocycles. The van der Waals surface area contributed by atoms with Gasteiger partial charge in [-0.1, -0.05) is 50.2 Å². The number of para-hydroxylation sites is 1. The molecule has 1 atom stereocenters. The van der Waals surface area contributed by atoms with Crippen LogP contribution in [0.4, 0.5) is 13.2 Å². The Morgan fingerprint density at radius 3 is 2.26 bits per heavy atom. The van der Waals surface area contributed by atoms with Gasteiger partial charge < -0.3 is 9.47 Å². The highest BCUT2D eigenvalue weighted by Gasteiger charge is 2.24. The molecule has 3 aromatic carbocycles. The van der Waals surface area contributed by atoms with Gasteiger partial charge in [-0.3, -0.25) is 0 Å². The average molecular weight is 428 g/mol. The van der Waals surface area contributed by atoms with E-state index in [1.807, 2.05) is 30.3 Å². The van der Waals surface area contributed by atoms with Crippen molar-refractivity contribution >= 4 is 0 Å². The third-order valence-corrected chi connectivity index (χ3v) is 5.72. The number of rotatable bonds is 10. The minimum absolute atomic E-state index is 0.0905. The lowest BCUT2D eigenvalue weighted by molar-refractivity contribution is -0.0498. The second-order valence-corrected chi connectivity index (χ2v) is 7.85. The highest BCUT2D eigenvalue weighted by atomic mass is 19.3. The Morgan fingerprint density at radius 1 is 0.903 bits per heavy atom. The average Bonchev–Trinajstić information content (AvgIpc) is 2.76. The van der Waals surface area contributed by atoms with Gasteiger partial charge in [-0.2, -0.15) is 8.78 Å². The fourth-order valence-electron chi connectivity index (χ4n) is 3.64. The normalized spacial score (nSPS) is 13.1. The van der Waals surface area contributed by atoms with E-state index in [9.17, 15) is 13.2 Å².